The van der Waals surface area contributed by atoms with Crippen LogP contribution >= 0.6 is 0 Å². The Morgan fingerprint density at radius 3 is 1.97 bits per heavy atom. The number of nitrogens with one attached hydrogen (secondary N) is 2. The number of phenols is 2. The Kier molecular flexibility index (Phi) is 11.8. The molecule has 3 aliphatic rings. The van der Waals surface area contributed by atoms with Crippen LogP contribution in [0, 0.1) is 25.2 Å². The summed E-state index contributed by atoms with van der Waals surface area (Å²) in [6.07, 6.45) is 0.702. The van der Waals surface area contributed by atoms with E-state index in [-0.39, 0.29) is 41.3 Å². The fourth-order valence-electron chi connectivity index (χ4n) is 10.6. The molecule has 0 unspecified atom stereocenters. The van der Waals surface area contributed by atoms with E-state index in [0.29, 0.717) is 74.4 Å². The van der Waals surface area contributed by atoms with Gasteiger partial charge in [-0.05, 0) is 63.6 Å². The highest BCUT2D eigenvalue weighted by Crippen LogP contribution is 2.59. The normalized spacial score (nSPS) is 20.3. The van der Waals surface area contributed by atoms with E-state index in [0.717, 1.165) is 16.6 Å². The first-order chi connectivity index (χ1) is 30.6. The minimum Gasteiger partial charge on any atom is -0.504 e. The third-order valence-electron chi connectivity index (χ3n) is 13.4. The number of carbonyl (C=O) groups excluding carboxylic acids is 1. The third-order valence-corrected chi connectivity index (χ3v) is 14.9. The Hall–Kier alpha value is -6.25. The van der Waals surface area contributed by atoms with Crippen molar-refractivity contribution in [1.82, 2.24) is 19.8 Å². The zero-order valence-corrected chi connectivity index (χ0v) is 38.3. The molecular formula is C48H54N6O9S. The lowest BCUT2D eigenvalue weighted by molar-refractivity contribution is -0.0724. The number of phenolic OH excluding ortho intramolecular Hbond substituents is 2. The second-order valence-electron chi connectivity index (χ2n) is 16.8. The summed E-state index contributed by atoms with van der Waals surface area (Å²) in [7, 11) is 7.98. The zero-order valence-electron chi connectivity index (χ0n) is 37.4. The van der Waals surface area contributed by atoms with Crippen molar-refractivity contribution < 1.29 is 42.4 Å². The molecule has 8 rings (SSSR count). The number of nitriles is 1. The van der Waals surface area contributed by atoms with Crippen LogP contribution in [-0.2, 0) is 29.4 Å². The minimum atomic E-state index is -3.91. The van der Waals surface area contributed by atoms with E-state index in [1.54, 1.807) is 63.6 Å². The van der Waals surface area contributed by atoms with Gasteiger partial charge in [0.15, 0.2) is 23.0 Å². The number of amides is 1. The van der Waals surface area contributed by atoms with Crippen LogP contribution in [-0.4, -0.2) is 109 Å². The number of benzene rings is 5. The average Bonchev–Trinajstić information content (AvgIpc) is 3.28. The number of fused-ring (bicyclic) bond motifs is 8. The summed E-state index contributed by atoms with van der Waals surface area (Å²) >= 11 is 0. The van der Waals surface area contributed by atoms with Crippen LogP contribution in [0.15, 0.2) is 65.6 Å². The highest BCUT2D eigenvalue weighted by atomic mass is 32.2. The lowest BCUT2D eigenvalue weighted by atomic mass is 9.71. The number of ether oxygens (including phenoxy) is 4. The predicted octanol–water partition coefficient (Wildman–Crippen LogP) is 5.65. The van der Waals surface area contributed by atoms with Gasteiger partial charge in [0.25, 0.3) is 5.91 Å². The molecule has 0 spiro atoms. The molecule has 336 valence electrons. The Labute approximate surface area is 373 Å². The molecule has 4 N–H and O–H groups in total. The number of hydrogen-bond donors (Lipinski definition) is 4. The summed E-state index contributed by atoms with van der Waals surface area (Å²) in [4.78, 5) is 20.4. The monoisotopic (exact) mass is 890 g/mol. The van der Waals surface area contributed by atoms with Crippen molar-refractivity contribution in [2.75, 3.05) is 61.0 Å². The number of hydrogen-bond acceptors (Lipinski definition) is 13. The summed E-state index contributed by atoms with van der Waals surface area (Å²) in [5, 5.41) is 39.5. The lowest BCUT2D eigenvalue weighted by Crippen LogP contribution is -2.68. The molecule has 1 fully saturated rings. The van der Waals surface area contributed by atoms with Crippen LogP contribution in [0.5, 0.6) is 34.5 Å². The van der Waals surface area contributed by atoms with Gasteiger partial charge in [-0.3, -0.25) is 14.6 Å². The van der Waals surface area contributed by atoms with E-state index >= 15 is 0 Å². The Morgan fingerprint density at radius 1 is 0.812 bits per heavy atom. The van der Waals surface area contributed by atoms with Gasteiger partial charge < -0.3 is 39.4 Å². The molecule has 3 heterocycles. The molecule has 0 radical (unpaired) electrons. The number of nitrogens with zero attached hydrogens (tertiary/aromatic N) is 4. The van der Waals surface area contributed by atoms with Gasteiger partial charge in [0.05, 0.1) is 51.5 Å². The highest BCUT2D eigenvalue weighted by molar-refractivity contribution is 7.89. The molecule has 3 aliphatic heterocycles. The molecule has 15 nitrogen and oxygen atoms in total. The SMILES string of the molecule is COc1c(C)c(OC)c2c(c1O)[C@@H]1[C@@H]3Cc4c(OC)c(C)c(OC)c(O)c4[C@H](CNC(=O)c4ccc(CNS(=O)(=O)c5cccc6c(N(C)C)cccc56)cc4)N3[C@@H](C#N)[C@H](C2)N1C. The van der Waals surface area contributed by atoms with Gasteiger partial charge in [-0.1, -0.05) is 36.4 Å². The van der Waals surface area contributed by atoms with Crippen molar-refractivity contribution in [3.05, 3.63) is 105 Å². The lowest BCUT2D eigenvalue weighted by Gasteiger charge is -2.60. The fraction of sp³-hybridized carbons (Fsp3) is 0.375. The van der Waals surface area contributed by atoms with Gasteiger partial charge in [0.1, 0.15) is 17.5 Å². The number of methoxy groups -OCH3 is 4. The first-order valence-corrected chi connectivity index (χ1v) is 22.5. The van der Waals surface area contributed by atoms with E-state index in [4.69, 9.17) is 18.9 Å². The first-order valence-electron chi connectivity index (χ1n) is 21.0. The van der Waals surface area contributed by atoms with Crippen LogP contribution in [0.1, 0.15) is 61.4 Å². The van der Waals surface area contributed by atoms with Crippen LogP contribution in [0.3, 0.4) is 0 Å². The van der Waals surface area contributed by atoms with Crippen molar-refractivity contribution in [3.63, 3.8) is 0 Å². The summed E-state index contributed by atoms with van der Waals surface area (Å²) < 4.78 is 53.4. The molecule has 1 amide bonds. The van der Waals surface area contributed by atoms with E-state index < -0.39 is 40.1 Å². The Morgan fingerprint density at radius 2 is 1.38 bits per heavy atom. The van der Waals surface area contributed by atoms with E-state index in [1.807, 2.05) is 51.2 Å². The molecule has 2 bridgehead atoms. The van der Waals surface area contributed by atoms with Crippen LogP contribution in [0.2, 0.25) is 0 Å². The second-order valence-corrected chi connectivity index (χ2v) is 18.5. The van der Waals surface area contributed by atoms with Gasteiger partial charge in [0.2, 0.25) is 10.0 Å². The van der Waals surface area contributed by atoms with Gasteiger partial charge >= 0.3 is 0 Å². The summed E-state index contributed by atoms with van der Waals surface area (Å²) in [5.74, 6) is 1.13. The van der Waals surface area contributed by atoms with Gasteiger partial charge in [0, 0.05) is 94.7 Å². The maximum absolute atomic E-state index is 14.0. The molecule has 5 aromatic rings. The van der Waals surface area contributed by atoms with Crippen molar-refractivity contribution in [3.8, 4) is 40.6 Å². The molecule has 0 saturated carbocycles. The molecule has 0 aromatic heterocycles. The van der Waals surface area contributed by atoms with E-state index in [1.165, 1.54) is 14.2 Å². The summed E-state index contributed by atoms with van der Waals surface area (Å²) in [5.41, 5.74) is 5.77. The molecule has 64 heavy (non-hydrogen) atoms. The predicted molar refractivity (Wildman–Crippen MR) is 242 cm³/mol. The number of sulfonamides is 1. The highest BCUT2D eigenvalue weighted by Gasteiger charge is 2.57. The topological polar surface area (TPSA) is 186 Å². The number of likely N-dealkylation sites (N-methyl/N-ethyl adjacent to an activating group) is 1. The minimum absolute atomic E-state index is 0.00114. The van der Waals surface area contributed by atoms with Crippen LogP contribution < -0.4 is 33.9 Å². The van der Waals surface area contributed by atoms with Crippen molar-refractivity contribution >= 4 is 32.4 Å². The Bertz CT molecular complexity index is 2830. The molecule has 1 saturated heterocycles. The molecular weight excluding hydrogens is 837 g/mol. The molecule has 16 heteroatoms. The van der Waals surface area contributed by atoms with E-state index in [9.17, 15) is 28.7 Å². The molecule has 5 aromatic carbocycles. The van der Waals surface area contributed by atoms with Crippen LogP contribution in [0.4, 0.5) is 5.69 Å². The second kappa shape index (κ2) is 17.0. The number of aromatic hydroxyl groups is 2. The maximum atomic E-state index is 14.0. The Balaban J connectivity index is 1.11. The van der Waals surface area contributed by atoms with Gasteiger partial charge in [-0.15, -0.1) is 0 Å². The maximum Gasteiger partial charge on any atom is 0.251 e. The molecule has 5 atom stereocenters. The zero-order chi connectivity index (χ0) is 45.9. The van der Waals surface area contributed by atoms with E-state index in [2.05, 4.69) is 25.9 Å². The number of rotatable bonds is 12. The standard InChI is InChI=1S/C48H54N6O9S/c1-25-44(60-6)31-21-35-41-40-32(45(61-7)26(2)47(63-9)43(40)56)20-34(53(41)5)36(22-49)54(35)37(39(31)42(55)46(25)62-8)24-50-48(57)28-18-16-27(17-19-28)23-51-64(58,59)38-15-11-12-29-30(38)13-10-14-33(29)52(3)4/h10-19,34-37,41,51,55-56H,20-21,23-24H2,1-9H3,(H,50,57)/t34-,35-,36-,37-,41-/m0/s1. The number of anilines is 1. The van der Waals surface area contributed by atoms with Crippen molar-refractivity contribution in [2.45, 2.75) is 68.3 Å². The molecule has 0 aliphatic carbocycles. The number of piperazine rings is 1. The average molecular weight is 891 g/mol. The fourth-order valence-corrected chi connectivity index (χ4v) is 11.9. The third kappa shape index (κ3) is 6.98. The van der Waals surface area contributed by atoms with Gasteiger partial charge in [-0.2, -0.15) is 5.26 Å². The number of carbonyl (C=O) groups is 1. The first kappa shape index (κ1) is 44.4. The van der Waals surface area contributed by atoms with Crippen molar-refractivity contribution in [2.24, 2.45) is 0 Å². The quantitative estimate of drug-likeness (QED) is 0.121. The van der Waals surface area contributed by atoms with Crippen molar-refractivity contribution in [1.29, 1.82) is 5.26 Å². The van der Waals surface area contributed by atoms with Gasteiger partial charge in [-0.25, -0.2) is 13.1 Å². The largest absolute Gasteiger partial charge is 0.504 e. The smallest absolute Gasteiger partial charge is 0.251 e. The summed E-state index contributed by atoms with van der Waals surface area (Å²) in [6, 6.07) is 17.2. The summed E-state index contributed by atoms with van der Waals surface area (Å²) in [6.45, 7) is 3.62. The van der Waals surface area contributed by atoms with Crippen LogP contribution in [0.25, 0.3) is 10.8 Å².